The second kappa shape index (κ2) is 6.90. The van der Waals surface area contributed by atoms with Gasteiger partial charge in [0, 0.05) is 15.6 Å². The third-order valence-corrected chi connectivity index (χ3v) is 3.18. The molecule has 0 spiro atoms. The fourth-order valence-electron chi connectivity index (χ4n) is 1.64. The fraction of sp³-hybridized carbons (Fsp3) is 0.0667. The Labute approximate surface area is 130 Å². The van der Waals surface area contributed by atoms with Gasteiger partial charge in [-0.15, -0.1) is 0 Å². The van der Waals surface area contributed by atoms with Crippen LogP contribution in [0.4, 0.5) is 0 Å². The number of hydrogen-bond acceptors (Lipinski definition) is 4. The lowest BCUT2D eigenvalue weighted by Crippen LogP contribution is -2.17. The predicted molar refractivity (Wildman–Crippen MR) is 83.9 cm³/mol. The largest absolute Gasteiger partial charge is 0.508 e. The van der Waals surface area contributed by atoms with Gasteiger partial charge >= 0.3 is 0 Å². The van der Waals surface area contributed by atoms with Gasteiger partial charge in [0.15, 0.2) is 0 Å². The van der Waals surface area contributed by atoms with E-state index in [4.69, 9.17) is 9.84 Å². The molecule has 0 atom stereocenters. The minimum absolute atomic E-state index is 0.105. The van der Waals surface area contributed by atoms with Gasteiger partial charge in [-0.2, -0.15) is 5.10 Å². The SMILES string of the molecule is COc1ccc(Br)cc1/C=N\NC(=O)c1ccc(O)cc1. The van der Waals surface area contributed by atoms with Crippen LogP contribution in [0, 0.1) is 0 Å². The van der Waals surface area contributed by atoms with Gasteiger partial charge in [-0.3, -0.25) is 4.79 Å². The van der Waals surface area contributed by atoms with Crippen molar-refractivity contribution < 1.29 is 14.6 Å². The normalized spacial score (nSPS) is 10.6. The van der Waals surface area contributed by atoms with Crippen LogP contribution < -0.4 is 10.2 Å². The number of rotatable bonds is 4. The first-order chi connectivity index (χ1) is 10.1. The van der Waals surface area contributed by atoms with Crippen LogP contribution >= 0.6 is 15.9 Å². The molecule has 0 fully saturated rings. The Balaban J connectivity index is 2.07. The van der Waals surface area contributed by atoms with Crippen LogP contribution in [0.15, 0.2) is 52.0 Å². The second-order valence-electron chi connectivity index (χ2n) is 4.13. The van der Waals surface area contributed by atoms with E-state index in [-0.39, 0.29) is 11.7 Å². The van der Waals surface area contributed by atoms with Crippen LogP contribution in [0.2, 0.25) is 0 Å². The highest BCUT2D eigenvalue weighted by Crippen LogP contribution is 2.21. The van der Waals surface area contributed by atoms with Crippen molar-refractivity contribution in [2.24, 2.45) is 5.10 Å². The van der Waals surface area contributed by atoms with E-state index in [1.807, 2.05) is 12.1 Å². The number of nitrogens with one attached hydrogen (secondary N) is 1. The molecule has 5 nitrogen and oxygen atoms in total. The molecule has 2 rings (SSSR count). The summed E-state index contributed by atoms with van der Waals surface area (Å²) >= 11 is 3.36. The fourth-order valence-corrected chi connectivity index (χ4v) is 2.02. The minimum Gasteiger partial charge on any atom is -0.508 e. The average Bonchev–Trinajstić information content (AvgIpc) is 2.48. The Hall–Kier alpha value is -2.34. The van der Waals surface area contributed by atoms with E-state index in [9.17, 15) is 4.79 Å². The van der Waals surface area contributed by atoms with Crippen LogP contribution in [-0.2, 0) is 0 Å². The molecule has 0 heterocycles. The summed E-state index contributed by atoms with van der Waals surface area (Å²) in [5.41, 5.74) is 3.56. The summed E-state index contributed by atoms with van der Waals surface area (Å²) in [7, 11) is 1.57. The molecule has 6 heteroatoms. The van der Waals surface area contributed by atoms with Gasteiger partial charge in [-0.25, -0.2) is 5.43 Å². The van der Waals surface area contributed by atoms with E-state index < -0.39 is 0 Å². The maximum absolute atomic E-state index is 11.8. The Morgan fingerprint density at radius 3 is 2.67 bits per heavy atom. The minimum atomic E-state index is -0.361. The molecule has 0 radical (unpaired) electrons. The van der Waals surface area contributed by atoms with Gasteiger partial charge in [-0.1, -0.05) is 15.9 Å². The van der Waals surface area contributed by atoms with E-state index in [0.29, 0.717) is 11.3 Å². The lowest BCUT2D eigenvalue weighted by molar-refractivity contribution is 0.0955. The standard InChI is InChI=1S/C15H13BrN2O3/c1-21-14-7-4-12(16)8-11(14)9-17-18-15(20)10-2-5-13(19)6-3-10/h2-9,19H,1H3,(H,18,20)/b17-9-. The van der Waals surface area contributed by atoms with Crippen molar-refractivity contribution in [1.82, 2.24) is 5.43 Å². The van der Waals surface area contributed by atoms with Gasteiger partial charge in [0.1, 0.15) is 11.5 Å². The number of phenols is 1. The van der Waals surface area contributed by atoms with E-state index >= 15 is 0 Å². The monoisotopic (exact) mass is 348 g/mol. The first kappa shape index (κ1) is 15.1. The van der Waals surface area contributed by atoms with Gasteiger partial charge in [0.25, 0.3) is 5.91 Å². The van der Waals surface area contributed by atoms with Crippen molar-refractivity contribution >= 4 is 28.1 Å². The summed E-state index contributed by atoms with van der Waals surface area (Å²) in [5.74, 6) is 0.398. The topological polar surface area (TPSA) is 70.9 Å². The quantitative estimate of drug-likeness (QED) is 0.659. The molecule has 0 bridgehead atoms. The van der Waals surface area contributed by atoms with Gasteiger partial charge in [-0.05, 0) is 42.5 Å². The highest BCUT2D eigenvalue weighted by molar-refractivity contribution is 9.10. The molecule has 0 aliphatic rings. The third-order valence-electron chi connectivity index (χ3n) is 2.69. The van der Waals surface area contributed by atoms with Crippen molar-refractivity contribution in [2.45, 2.75) is 0 Å². The number of aromatic hydroxyl groups is 1. The Morgan fingerprint density at radius 1 is 1.29 bits per heavy atom. The van der Waals surface area contributed by atoms with E-state index in [1.165, 1.54) is 30.5 Å². The van der Waals surface area contributed by atoms with Crippen LogP contribution in [0.25, 0.3) is 0 Å². The zero-order valence-electron chi connectivity index (χ0n) is 11.2. The van der Waals surface area contributed by atoms with E-state index in [0.717, 1.165) is 10.0 Å². The van der Waals surface area contributed by atoms with Crippen LogP contribution in [-0.4, -0.2) is 24.3 Å². The molecular weight excluding hydrogens is 336 g/mol. The Morgan fingerprint density at radius 2 is 2.00 bits per heavy atom. The number of ether oxygens (including phenoxy) is 1. The first-order valence-electron chi connectivity index (χ1n) is 6.06. The molecule has 0 saturated heterocycles. The maximum Gasteiger partial charge on any atom is 0.271 e. The molecule has 21 heavy (non-hydrogen) atoms. The lowest BCUT2D eigenvalue weighted by atomic mass is 10.2. The maximum atomic E-state index is 11.8. The number of carbonyl (C=O) groups excluding carboxylic acids is 1. The molecule has 0 aliphatic heterocycles. The van der Waals surface area contributed by atoms with Crippen molar-refractivity contribution in [3.05, 3.63) is 58.1 Å². The molecular formula is C15H13BrN2O3. The molecule has 0 aromatic heterocycles. The lowest BCUT2D eigenvalue weighted by Gasteiger charge is -2.04. The van der Waals surface area contributed by atoms with Crippen LogP contribution in [0.1, 0.15) is 15.9 Å². The molecule has 2 aromatic carbocycles. The van der Waals surface area contributed by atoms with Gasteiger partial charge in [0.2, 0.25) is 0 Å². The summed E-state index contributed by atoms with van der Waals surface area (Å²) in [6, 6.07) is 11.4. The number of nitrogens with zero attached hydrogens (tertiary/aromatic N) is 1. The van der Waals surface area contributed by atoms with Crippen molar-refractivity contribution in [2.75, 3.05) is 7.11 Å². The highest BCUT2D eigenvalue weighted by atomic mass is 79.9. The zero-order valence-corrected chi connectivity index (χ0v) is 12.8. The second-order valence-corrected chi connectivity index (χ2v) is 5.05. The Bertz CT molecular complexity index is 669. The number of benzene rings is 2. The molecule has 0 unspecified atom stereocenters. The number of carbonyl (C=O) groups is 1. The predicted octanol–water partition coefficient (Wildman–Crippen LogP) is 2.93. The number of phenolic OH excluding ortho intramolecular Hbond substituents is 1. The first-order valence-corrected chi connectivity index (χ1v) is 6.85. The van der Waals surface area contributed by atoms with Crippen molar-refractivity contribution in [3.63, 3.8) is 0 Å². The van der Waals surface area contributed by atoms with Crippen LogP contribution in [0.5, 0.6) is 11.5 Å². The van der Waals surface area contributed by atoms with Crippen molar-refractivity contribution in [1.29, 1.82) is 0 Å². The number of hydrazone groups is 1. The zero-order chi connectivity index (χ0) is 15.2. The molecule has 108 valence electrons. The average molecular weight is 349 g/mol. The smallest absolute Gasteiger partial charge is 0.271 e. The summed E-state index contributed by atoms with van der Waals surface area (Å²) in [6.07, 6.45) is 1.50. The molecule has 2 aromatic rings. The number of halogens is 1. The summed E-state index contributed by atoms with van der Waals surface area (Å²) < 4.78 is 6.09. The number of methoxy groups -OCH3 is 1. The number of amides is 1. The molecule has 2 N–H and O–H groups in total. The summed E-state index contributed by atoms with van der Waals surface area (Å²) in [6.45, 7) is 0. The highest BCUT2D eigenvalue weighted by Gasteiger charge is 2.04. The molecule has 1 amide bonds. The molecule has 0 aliphatic carbocycles. The molecule has 0 saturated carbocycles. The third kappa shape index (κ3) is 4.06. The van der Waals surface area contributed by atoms with Crippen LogP contribution in [0.3, 0.4) is 0 Å². The van der Waals surface area contributed by atoms with Gasteiger partial charge < -0.3 is 9.84 Å². The van der Waals surface area contributed by atoms with Gasteiger partial charge in [0.05, 0.1) is 13.3 Å². The summed E-state index contributed by atoms with van der Waals surface area (Å²) in [5, 5.41) is 13.1. The Kier molecular flexibility index (Phi) is 4.94. The van der Waals surface area contributed by atoms with E-state index in [2.05, 4.69) is 26.5 Å². The van der Waals surface area contributed by atoms with Crippen molar-refractivity contribution in [3.8, 4) is 11.5 Å². The van der Waals surface area contributed by atoms with E-state index in [1.54, 1.807) is 13.2 Å². The summed E-state index contributed by atoms with van der Waals surface area (Å²) in [4.78, 5) is 11.8. The number of hydrogen-bond donors (Lipinski definition) is 2.